The molecule has 2 aliphatic carbocycles. The van der Waals surface area contributed by atoms with E-state index in [1.165, 1.54) is 35.5 Å². The molecule has 0 radical (unpaired) electrons. The Labute approximate surface area is 213 Å². The summed E-state index contributed by atoms with van der Waals surface area (Å²) in [5.41, 5.74) is 1.09. The van der Waals surface area contributed by atoms with Crippen molar-refractivity contribution in [3.8, 4) is 5.19 Å². The number of amides is 1. The summed E-state index contributed by atoms with van der Waals surface area (Å²) in [6, 6.07) is 0.301. The molecule has 0 bridgehead atoms. The predicted octanol–water partition coefficient (Wildman–Crippen LogP) is 4.79. The largest absolute Gasteiger partial charge is 0.466 e. The molecule has 2 aromatic rings. The maximum absolute atomic E-state index is 13.0. The van der Waals surface area contributed by atoms with Crippen LogP contribution in [-0.4, -0.2) is 58.5 Å². The van der Waals surface area contributed by atoms with Gasteiger partial charge < -0.3 is 15.0 Å². The van der Waals surface area contributed by atoms with Crippen LogP contribution in [-0.2, 0) is 24.1 Å². The molecule has 0 atom stereocenters. The SMILES string of the molecule is Cc1ncc(CC(=O)NC2CCC(CCN3CCc4nc(OC5CC(F)(F)C5)sc4CC3)CC2)s1. The number of alkyl halides is 2. The highest BCUT2D eigenvalue weighted by Crippen LogP contribution is 2.41. The Kier molecular flexibility index (Phi) is 7.69. The topological polar surface area (TPSA) is 67.4 Å². The molecule has 0 unspecified atom stereocenters. The highest BCUT2D eigenvalue weighted by Gasteiger charge is 2.47. The lowest BCUT2D eigenvalue weighted by Gasteiger charge is -2.33. The van der Waals surface area contributed by atoms with E-state index in [1.54, 1.807) is 17.5 Å². The van der Waals surface area contributed by atoms with Crippen LogP contribution in [0.5, 0.6) is 5.19 Å². The number of carbonyl (C=O) groups excluding carboxylic acids is 1. The fraction of sp³-hybridized carbons (Fsp3) is 0.720. The minimum Gasteiger partial charge on any atom is -0.466 e. The van der Waals surface area contributed by atoms with Gasteiger partial charge in [0.1, 0.15) is 6.10 Å². The molecular formula is C25H34F2N4O2S2. The minimum absolute atomic E-state index is 0.113. The van der Waals surface area contributed by atoms with Gasteiger partial charge in [-0.2, -0.15) is 0 Å². The number of halogens is 2. The van der Waals surface area contributed by atoms with Crippen LogP contribution < -0.4 is 10.1 Å². The van der Waals surface area contributed by atoms with Crippen molar-refractivity contribution in [1.82, 2.24) is 20.2 Å². The zero-order valence-corrected chi connectivity index (χ0v) is 21.9. The number of fused-ring (bicyclic) bond motifs is 1. The number of hydrogen-bond donors (Lipinski definition) is 1. The number of carbonyl (C=O) groups is 1. The average molecular weight is 525 g/mol. The standard InChI is InChI=1S/C25H34F2N4O2S2/c1-16-28-15-20(34-16)12-23(32)29-18-4-2-17(3-5-18)6-9-31-10-7-21-22(8-11-31)35-24(30-21)33-19-13-25(26,27)14-19/h15,17-19H,2-14H2,1H3,(H,29,32). The molecule has 1 amide bonds. The molecule has 0 spiro atoms. The molecular weight excluding hydrogens is 490 g/mol. The molecule has 192 valence electrons. The van der Waals surface area contributed by atoms with Crippen molar-refractivity contribution in [2.75, 3.05) is 19.6 Å². The third-order valence-corrected chi connectivity index (χ3v) is 9.43. The third kappa shape index (κ3) is 6.77. The summed E-state index contributed by atoms with van der Waals surface area (Å²) in [4.78, 5) is 26.0. The van der Waals surface area contributed by atoms with Gasteiger partial charge in [-0.1, -0.05) is 11.3 Å². The van der Waals surface area contributed by atoms with Crippen molar-refractivity contribution in [1.29, 1.82) is 0 Å². The number of ether oxygens (including phenoxy) is 1. The normalized spacial score (nSPS) is 24.9. The highest BCUT2D eigenvalue weighted by molar-refractivity contribution is 7.13. The summed E-state index contributed by atoms with van der Waals surface area (Å²) in [6.07, 6.45) is 9.01. The predicted molar refractivity (Wildman–Crippen MR) is 134 cm³/mol. The van der Waals surface area contributed by atoms with Gasteiger partial charge in [-0.05, 0) is 57.9 Å². The van der Waals surface area contributed by atoms with Crippen LogP contribution in [0.1, 0.15) is 65.4 Å². The quantitative estimate of drug-likeness (QED) is 0.538. The lowest BCUT2D eigenvalue weighted by molar-refractivity contribution is -0.134. The van der Waals surface area contributed by atoms with Gasteiger partial charge in [-0.15, -0.1) is 11.3 Å². The van der Waals surface area contributed by atoms with E-state index in [4.69, 9.17) is 4.74 Å². The van der Waals surface area contributed by atoms with Crippen LogP contribution >= 0.6 is 22.7 Å². The Hall–Kier alpha value is -1.65. The lowest BCUT2D eigenvalue weighted by atomic mass is 9.84. The van der Waals surface area contributed by atoms with Gasteiger partial charge in [-0.3, -0.25) is 4.79 Å². The monoisotopic (exact) mass is 524 g/mol. The van der Waals surface area contributed by atoms with Gasteiger partial charge in [0.15, 0.2) is 0 Å². The molecule has 2 saturated carbocycles. The van der Waals surface area contributed by atoms with Crippen molar-refractivity contribution in [2.45, 2.75) is 89.2 Å². The van der Waals surface area contributed by atoms with E-state index in [9.17, 15) is 13.6 Å². The van der Waals surface area contributed by atoms with Crippen LogP contribution in [0, 0.1) is 12.8 Å². The molecule has 35 heavy (non-hydrogen) atoms. The number of nitrogens with one attached hydrogen (secondary N) is 1. The Bertz CT molecular complexity index is 986. The molecule has 3 heterocycles. The number of nitrogens with zero attached hydrogens (tertiary/aromatic N) is 3. The van der Waals surface area contributed by atoms with E-state index < -0.39 is 5.92 Å². The summed E-state index contributed by atoms with van der Waals surface area (Å²) in [6.45, 7) is 5.06. The second-order valence-electron chi connectivity index (χ2n) is 10.3. The lowest BCUT2D eigenvalue weighted by Crippen LogP contribution is -2.43. The van der Waals surface area contributed by atoms with Crippen molar-refractivity contribution in [3.63, 3.8) is 0 Å². The Morgan fingerprint density at radius 3 is 2.69 bits per heavy atom. The van der Waals surface area contributed by atoms with E-state index in [0.717, 1.165) is 66.8 Å². The molecule has 2 aromatic heterocycles. The fourth-order valence-electron chi connectivity index (χ4n) is 5.38. The van der Waals surface area contributed by atoms with Crippen molar-refractivity contribution >= 4 is 28.6 Å². The van der Waals surface area contributed by atoms with Gasteiger partial charge >= 0.3 is 0 Å². The molecule has 5 rings (SSSR count). The fourth-order valence-corrected chi connectivity index (χ4v) is 7.18. The first kappa shape index (κ1) is 25.0. The Balaban J connectivity index is 0.987. The van der Waals surface area contributed by atoms with Crippen LogP contribution in [0.3, 0.4) is 0 Å². The summed E-state index contributed by atoms with van der Waals surface area (Å²) < 4.78 is 31.8. The molecule has 1 aliphatic heterocycles. The van der Waals surface area contributed by atoms with Crippen LogP contribution in [0.2, 0.25) is 0 Å². The summed E-state index contributed by atoms with van der Waals surface area (Å²) in [5.74, 6) is -1.72. The summed E-state index contributed by atoms with van der Waals surface area (Å²) in [5, 5.41) is 4.79. The molecule has 0 saturated heterocycles. The van der Waals surface area contributed by atoms with E-state index >= 15 is 0 Å². The molecule has 6 nitrogen and oxygen atoms in total. The Morgan fingerprint density at radius 2 is 1.97 bits per heavy atom. The third-order valence-electron chi connectivity index (χ3n) is 7.47. The average Bonchev–Trinajstić information content (AvgIpc) is 3.32. The van der Waals surface area contributed by atoms with E-state index in [0.29, 0.717) is 17.7 Å². The van der Waals surface area contributed by atoms with Gasteiger partial charge in [0, 0.05) is 54.3 Å². The molecule has 10 heteroatoms. The second-order valence-corrected chi connectivity index (χ2v) is 12.7. The molecule has 0 aromatic carbocycles. The summed E-state index contributed by atoms with van der Waals surface area (Å²) in [7, 11) is 0. The molecule has 3 aliphatic rings. The minimum atomic E-state index is -2.56. The van der Waals surface area contributed by atoms with Crippen molar-refractivity contribution in [3.05, 3.63) is 26.7 Å². The van der Waals surface area contributed by atoms with Gasteiger partial charge in [0.25, 0.3) is 11.1 Å². The number of hydrogen-bond acceptors (Lipinski definition) is 7. The maximum atomic E-state index is 13.0. The van der Waals surface area contributed by atoms with Gasteiger partial charge in [-0.25, -0.2) is 18.7 Å². The first-order valence-electron chi connectivity index (χ1n) is 12.8. The number of thiazole rings is 2. The molecule has 2 fully saturated rings. The molecule has 1 N–H and O–H groups in total. The zero-order chi connectivity index (χ0) is 24.4. The van der Waals surface area contributed by atoms with Gasteiger partial charge in [0.05, 0.1) is 17.1 Å². The number of aromatic nitrogens is 2. The van der Waals surface area contributed by atoms with Crippen LogP contribution in [0.15, 0.2) is 6.20 Å². The van der Waals surface area contributed by atoms with E-state index in [2.05, 4.69) is 20.2 Å². The number of rotatable bonds is 8. The first-order valence-corrected chi connectivity index (χ1v) is 14.4. The highest BCUT2D eigenvalue weighted by atomic mass is 32.1. The van der Waals surface area contributed by atoms with Gasteiger partial charge in [0.2, 0.25) is 5.91 Å². The maximum Gasteiger partial charge on any atom is 0.273 e. The number of aryl methyl sites for hydroxylation is 1. The Morgan fingerprint density at radius 1 is 1.20 bits per heavy atom. The van der Waals surface area contributed by atoms with Crippen molar-refractivity contribution < 1.29 is 18.3 Å². The van der Waals surface area contributed by atoms with Crippen molar-refractivity contribution in [2.24, 2.45) is 5.92 Å². The zero-order valence-electron chi connectivity index (χ0n) is 20.2. The second kappa shape index (κ2) is 10.8. The van der Waals surface area contributed by atoms with Crippen LogP contribution in [0.4, 0.5) is 8.78 Å². The smallest absolute Gasteiger partial charge is 0.273 e. The van der Waals surface area contributed by atoms with Crippen LogP contribution in [0.25, 0.3) is 0 Å². The van der Waals surface area contributed by atoms with E-state index in [-0.39, 0.29) is 24.9 Å². The summed E-state index contributed by atoms with van der Waals surface area (Å²) >= 11 is 3.13. The van der Waals surface area contributed by atoms with E-state index in [1.807, 2.05) is 6.92 Å². The first-order chi connectivity index (χ1) is 16.8.